The van der Waals surface area contributed by atoms with Crippen LogP contribution in [0.15, 0.2) is 28.7 Å². The van der Waals surface area contributed by atoms with Crippen LogP contribution in [0, 0.1) is 0 Å². The van der Waals surface area contributed by atoms with Crippen molar-refractivity contribution in [2.45, 2.75) is 19.4 Å². The second kappa shape index (κ2) is 5.88. The first-order valence-electron chi connectivity index (χ1n) is 4.91. The Morgan fingerprint density at radius 1 is 1.60 bits per heavy atom. The number of hydrogen-bond donors (Lipinski definition) is 2. The molecule has 0 radical (unpaired) electrons. The molecule has 1 rings (SSSR count). The number of benzene rings is 1. The van der Waals surface area contributed by atoms with E-state index in [-0.39, 0.29) is 11.9 Å². The molecule has 1 aromatic carbocycles. The summed E-state index contributed by atoms with van der Waals surface area (Å²) in [5.41, 5.74) is 6.88. The molecule has 1 amide bonds. The molecule has 0 aliphatic carbocycles. The molecule has 0 bridgehead atoms. The van der Waals surface area contributed by atoms with Gasteiger partial charge in [0.05, 0.1) is 0 Å². The van der Waals surface area contributed by atoms with Crippen LogP contribution in [0.4, 0.5) is 0 Å². The molecule has 3 N–H and O–H groups in total. The van der Waals surface area contributed by atoms with E-state index in [0.717, 1.165) is 10.0 Å². The van der Waals surface area contributed by atoms with Crippen LogP contribution in [0.1, 0.15) is 24.9 Å². The fourth-order valence-electron chi connectivity index (χ4n) is 1.32. The Morgan fingerprint density at radius 3 is 2.93 bits per heavy atom. The van der Waals surface area contributed by atoms with E-state index in [0.29, 0.717) is 13.0 Å². The molecule has 1 aromatic rings. The van der Waals surface area contributed by atoms with Crippen LogP contribution in [0.25, 0.3) is 0 Å². The minimum atomic E-state index is -0.242. The van der Waals surface area contributed by atoms with Gasteiger partial charge < -0.3 is 11.1 Å². The summed E-state index contributed by atoms with van der Waals surface area (Å²) in [4.78, 5) is 11.3. The molecule has 4 heteroatoms. The van der Waals surface area contributed by atoms with Crippen LogP contribution in [-0.2, 0) is 4.79 Å². The van der Waals surface area contributed by atoms with E-state index in [4.69, 9.17) is 5.73 Å². The standard InChI is InChI=1S/C11H15BrN2O/c1-2-14-11(15)7-10(13)8-4-3-5-9(12)6-8/h3-6,10H,2,7,13H2,1H3,(H,14,15). The van der Waals surface area contributed by atoms with Crippen LogP contribution in [0.5, 0.6) is 0 Å². The summed E-state index contributed by atoms with van der Waals surface area (Å²) in [7, 11) is 0. The molecule has 0 aliphatic rings. The molecule has 1 atom stereocenters. The molecule has 0 saturated carbocycles. The number of halogens is 1. The van der Waals surface area contributed by atoms with Gasteiger partial charge in [0.25, 0.3) is 0 Å². The summed E-state index contributed by atoms with van der Waals surface area (Å²) in [5.74, 6) is -0.00928. The van der Waals surface area contributed by atoms with Crippen molar-refractivity contribution in [3.63, 3.8) is 0 Å². The lowest BCUT2D eigenvalue weighted by Crippen LogP contribution is -2.27. The van der Waals surface area contributed by atoms with Gasteiger partial charge in [0.15, 0.2) is 0 Å². The number of carbonyl (C=O) groups is 1. The van der Waals surface area contributed by atoms with Gasteiger partial charge in [0.2, 0.25) is 5.91 Å². The quantitative estimate of drug-likeness (QED) is 0.879. The highest BCUT2D eigenvalue weighted by molar-refractivity contribution is 9.10. The van der Waals surface area contributed by atoms with Gasteiger partial charge in [-0.05, 0) is 24.6 Å². The first-order chi connectivity index (χ1) is 7.13. The normalized spacial score (nSPS) is 12.2. The molecule has 1 unspecified atom stereocenters. The topological polar surface area (TPSA) is 55.1 Å². The van der Waals surface area contributed by atoms with Crippen LogP contribution >= 0.6 is 15.9 Å². The van der Waals surface area contributed by atoms with Gasteiger partial charge in [-0.3, -0.25) is 4.79 Å². The molecule has 15 heavy (non-hydrogen) atoms. The highest BCUT2D eigenvalue weighted by Crippen LogP contribution is 2.18. The predicted octanol–water partition coefficient (Wildman–Crippen LogP) is 1.98. The molecule has 0 fully saturated rings. The Hall–Kier alpha value is -0.870. The molecule has 3 nitrogen and oxygen atoms in total. The highest BCUT2D eigenvalue weighted by atomic mass is 79.9. The van der Waals surface area contributed by atoms with E-state index in [1.807, 2.05) is 31.2 Å². The third kappa shape index (κ3) is 4.01. The van der Waals surface area contributed by atoms with Crippen molar-refractivity contribution in [1.82, 2.24) is 5.32 Å². The molecule has 0 aliphatic heterocycles. The maximum Gasteiger partial charge on any atom is 0.221 e. The highest BCUT2D eigenvalue weighted by Gasteiger charge is 2.10. The number of nitrogens with one attached hydrogen (secondary N) is 1. The van der Waals surface area contributed by atoms with Gasteiger partial charge in [0, 0.05) is 23.5 Å². The fraction of sp³-hybridized carbons (Fsp3) is 0.364. The number of nitrogens with two attached hydrogens (primary N) is 1. The average Bonchev–Trinajstić information content (AvgIpc) is 2.18. The number of carbonyl (C=O) groups excluding carboxylic acids is 1. The van der Waals surface area contributed by atoms with Gasteiger partial charge in [-0.25, -0.2) is 0 Å². The summed E-state index contributed by atoms with van der Waals surface area (Å²) in [6, 6.07) is 7.46. The lowest BCUT2D eigenvalue weighted by molar-refractivity contribution is -0.121. The maximum atomic E-state index is 11.3. The number of amides is 1. The fourth-order valence-corrected chi connectivity index (χ4v) is 1.74. The number of rotatable bonds is 4. The van der Waals surface area contributed by atoms with Crippen molar-refractivity contribution in [3.05, 3.63) is 34.3 Å². The summed E-state index contributed by atoms with van der Waals surface area (Å²) in [6.07, 6.45) is 0.324. The van der Waals surface area contributed by atoms with Gasteiger partial charge in [-0.2, -0.15) is 0 Å². The zero-order chi connectivity index (χ0) is 11.3. The zero-order valence-corrected chi connectivity index (χ0v) is 10.3. The minimum absolute atomic E-state index is 0.00928. The van der Waals surface area contributed by atoms with Crippen molar-refractivity contribution in [2.24, 2.45) is 5.73 Å². The predicted molar refractivity (Wildman–Crippen MR) is 64.4 cm³/mol. The first kappa shape index (κ1) is 12.2. The smallest absolute Gasteiger partial charge is 0.221 e. The number of hydrogen-bond acceptors (Lipinski definition) is 2. The van der Waals surface area contributed by atoms with Crippen LogP contribution < -0.4 is 11.1 Å². The summed E-state index contributed by atoms with van der Waals surface area (Å²) in [5, 5.41) is 2.73. The van der Waals surface area contributed by atoms with E-state index in [1.54, 1.807) is 0 Å². The van der Waals surface area contributed by atoms with Gasteiger partial charge in [-0.1, -0.05) is 28.1 Å². The Morgan fingerprint density at radius 2 is 2.33 bits per heavy atom. The van der Waals surface area contributed by atoms with E-state index in [1.165, 1.54) is 0 Å². The van der Waals surface area contributed by atoms with Crippen molar-refractivity contribution >= 4 is 21.8 Å². The Balaban J connectivity index is 2.60. The monoisotopic (exact) mass is 270 g/mol. The van der Waals surface area contributed by atoms with Crippen LogP contribution in [0.3, 0.4) is 0 Å². The molecular formula is C11H15BrN2O. The molecule has 0 spiro atoms. The summed E-state index contributed by atoms with van der Waals surface area (Å²) >= 11 is 3.37. The minimum Gasteiger partial charge on any atom is -0.356 e. The second-order valence-corrected chi connectivity index (χ2v) is 4.23. The second-order valence-electron chi connectivity index (χ2n) is 3.32. The SMILES string of the molecule is CCNC(=O)CC(N)c1cccc(Br)c1. The van der Waals surface area contributed by atoms with Crippen molar-refractivity contribution in [3.8, 4) is 0 Å². The van der Waals surface area contributed by atoms with E-state index >= 15 is 0 Å². The Kier molecular flexibility index (Phi) is 4.78. The van der Waals surface area contributed by atoms with E-state index in [2.05, 4.69) is 21.2 Å². The molecule has 0 heterocycles. The molecule has 82 valence electrons. The first-order valence-corrected chi connectivity index (χ1v) is 5.70. The molecular weight excluding hydrogens is 256 g/mol. The Labute approximate surface area is 98.2 Å². The van der Waals surface area contributed by atoms with Gasteiger partial charge in [0.1, 0.15) is 0 Å². The Bertz CT molecular complexity index is 341. The average molecular weight is 271 g/mol. The summed E-state index contributed by atoms with van der Waals surface area (Å²) < 4.78 is 0.978. The van der Waals surface area contributed by atoms with Crippen LogP contribution in [-0.4, -0.2) is 12.5 Å². The van der Waals surface area contributed by atoms with Crippen molar-refractivity contribution in [1.29, 1.82) is 0 Å². The van der Waals surface area contributed by atoms with Crippen molar-refractivity contribution in [2.75, 3.05) is 6.54 Å². The zero-order valence-electron chi connectivity index (χ0n) is 8.66. The van der Waals surface area contributed by atoms with Crippen LogP contribution in [0.2, 0.25) is 0 Å². The van der Waals surface area contributed by atoms with E-state index in [9.17, 15) is 4.79 Å². The third-order valence-electron chi connectivity index (χ3n) is 2.06. The summed E-state index contributed by atoms with van der Waals surface area (Å²) in [6.45, 7) is 2.53. The lowest BCUT2D eigenvalue weighted by Gasteiger charge is -2.11. The van der Waals surface area contributed by atoms with Gasteiger partial charge >= 0.3 is 0 Å². The molecule has 0 saturated heterocycles. The molecule has 0 aromatic heterocycles. The third-order valence-corrected chi connectivity index (χ3v) is 2.55. The van der Waals surface area contributed by atoms with Crippen molar-refractivity contribution < 1.29 is 4.79 Å². The maximum absolute atomic E-state index is 11.3. The largest absolute Gasteiger partial charge is 0.356 e. The lowest BCUT2D eigenvalue weighted by atomic mass is 10.0. The van der Waals surface area contributed by atoms with Gasteiger partial charge in [-0.15, -0.1) is 0 Å². The van der Waals surface area contributed by atoms with E-state index < -0.39 is 0 Å².